The van der Waals surface area contributed by atoms with Crippen LogP contribution in [0.5, 0.6) is 0 Å². The van der Waals surface area contributed by atoms with E-state index in [9.17, 15) is 4.79 Å². The van der Waals surface area contributed by atoms with Crippen LogP contribution in [0, 0.1) is 5.92 Å². The van der Waals surface area contributed by atoms with E-state index in [4.69, 9.17) is 0 Å². The van der Waals surface area contributed by atoms with Crippen molar-refractivity contribution in [3.8, 4) is 0 Å². The summed E-state index contributed by atoms with van der Waals surface area (Å²) in [5.41, 5.74) is 16.3. The van der Waals surface area contributed by atoms with Gasteiger partial charge in [-0.3, -0.25) is 9.69 Å². The summed E-state index contributed by atoms with van der Waals surface area (Å²) in [6.07, 6.45) is 13.5. The van der Waals surface area contributed by atoms with Gasteiger partial charge in [-0.05, 0) is 155 Å². The molecule has 48 heavy (non-hydrogen) atoms. The Labute approximate surface area is 290 Å². The molecule has 1 amide bonds. The number of benzene rings is 2. The van der Waals surface area contributed by atoms with Crippen LogP contribution in [-0.4, -0.2) is 80.0 Å². The number of allylic oxidation sites excluding steroid dienone is 4. The minimum absolute atomic E-state index is 0.204. The van der Waals surface area contributed by atoms with Crippen molar-refractivity contribution in [2.45, 2.75) is 78.7 Å². The molecule has 7 nitrogen and oxygen atoms in total. The summed E-state index contributed by atoms with van der Waals surface area (Å²) in [7, 11) is 1.94. The first-order chi connectivity index (χ1) is 23.4. The van der Waals surface area contributed by atoms with Crippen molar-refractivity contribution in [1.29, 1.82) is 0 Å². The molecule has 2 aromatic rings. The van der Waals surface area contributed by atoms with Gasteiger partial charge in [0.25, 0.3) is 5.91 Å². The fourth-order valence-electron chi connectivity index (χ4n) is 7.85. The summed E-state index contributed by atoms with van der Waals surface area (Å²) in [4.78, 5) is 20.6. The van der Waals surface area contributed by atoms with E-state index >= 15 is 0 Å². The molecule has 3 heterocycles. The molecule has 2 fully saturated rings. The average Bonchev–Trinajstić information content (AvgIpc) is 3.57. The van der Waals surface area contributed by atoms with E-state index in [1.165, 1.54) is 65.9 Å². The van der Waals surface area contributed by atoms with Gasteiger partial charge in [0.05, 0.1) is 5.69 Å². The second-order valence-corrected chi connectivity index (χ2v) is 14.3. The number of anilines is 1. The molecular weight excluding hydrogens is 592 g/mol. The third-order valence-corrected chi connectivity index (χ3v) is 10.4. The van der Waals surface area contributed by atoms with E-state index in [1.807, 2.05) is 13.2 Å². The summed E-state index contributed by atoms with van der Waals surface area (Å²) >= 11 is 0. The summed E-state index contributed by atoms with van der Waals surface area (Å²) in [5, 5.41) is 3.16. The minimum Gasteiger partial charge on any atom is -0.394 e. The average molecular weight is 653 g/mol. The van der Waals surface area contributed by atoms with Gasteiger partial charge < -0.3 is 20.5 Å². The molecule has 0 saturated carbocycles. The maximum absolute atomic E-state index is 13.4. The standard InChI is InChI=1S/C41H60N6O/c1-6-20-45(21-7-2)30-33-15-24-47(25-16-33)41(48)36-10-8-34(9-11-36)35-17-22-46(23-18-35)29-31(3)26-32(4)39(14-19-42-5)37-12-13-40-38(27-37)28-43-44-40/h8-14,19,26-27,33,35,42-44H,6-7,15-18,20-25,28-30H2,1-5H3/b19-14-,31-26+,39-32-. The van der Waals surface area contributed by atoms with Crippen LogP contribution in [-0.2, 0) is 6.54 Å². The Bertz CT molecular complexity index is 1420. The number of fused-ring (bicyclic) bond motifs is 1. The molecule has 3 aliphatic heterocycles. The number of likely N-dealkylation sites (tertiary alicyclic amines) is 2. The molecule has 0 unspecified atom stereocenters. The molecule has 0 radical (unpaired) electrons. The Kier molecular flexibility index (Phi) is 13.3. The molecule has 5 rings (SSSR count). The summed E-state index contributed by atoms with van der Waals surface area (Å²) in [6.45, 7) is 18.4. The lowest BCUT2D eigenvalue weighted by molar-refractivity contribution is 0.0667. The van der Waals surface area contributed by atoms with Crippen LogP contribution in [0.25, 0.3) is 5.57 Å². The summed E-state index contributed by atoms with van der Waals surface area (Å²) < 4.78 is 0. The number of carbonyl (C=O) groups excluding carboxylic acids is 1. The van der Waals surface area contributed by atoms with E-state index < -0.39 is 0 Å². The van der Waals surface area contributed by atoms with Crippen LogP contribution < -0.4 is 16.2 Å². The third-order valence-electron chi connectivity index (χ3n) is 10.4. The highest BCUT2D eigenvalue weighted by molar-refractivity contribution is 5.94. The number of piperidine rings is 2. The first kappa shape index (κ1) is 35.9. The number of carbonyl (C=O) groups is 1. The second kappa shape index (κ2) is 17.8. The normalized spacial score (nSPS) is 18.7. The van der Waals surface area contributed by atoms with Gasteiger partial charge in [-0.2, -0.15) is 0 Å². The molecule has 0 bridgehead atoms. The van der Waals surface area contributed by atoms with Crippen molar-refractivity contribution in [1.82, 2.24) is 25.4 Å². The molecule has 0 aromatic heterocycles. The SMILES string of the molecule is CCCN(CCC)CC1CCN(C(=O)c2ccc(C3CCN(C/C(C)=C/C(C)=C(/C=C\NC)c4ccc5c(c4)CNN5)CC3)cc2)CC1. The van der Waals surface area contributed by atoms with Gasteiger partial charge in [0.15, 0.2) is 0 Å². The van der Waals surface area contributed by atoms with Gasteiger partial charge in [-0.15, -0.1) is 0 Å². The van der Waals surface area contributed by atoms with Crippen molar-refractivity contribution in [3.63, 3.8) is 0 Å². The van der Waals surface area contributed by atoms with Crippen molar-refractivity contribution in [3.05, 3.63) is 94.2 Å². The Hall–Kier alpha value is -3.39. The van der Waals surface area contributed by atoms with Crippen LogP contribution in [0.4, 0.5) is 5.69 Å². The van der Waals surface area contributed by atoms with Crippen LogP contribution in [0.1, 0.15) is 99.2 Å². The van der Waals surface area contributed by atoms with Gasteiger partial charge in [0.2, 0.25) is 0 Å². The highest BCUT2D eigenvalue weighted by Crippen LogP contribution is 2.31. The predicted molar refractivity (Wildman–Crippen MR) is 202 cm³/mol. The summed E-state index contributed by atoms with van der Waals surface area (Å²) in [5.74, 6) is 1.47. The van der Waals surface area contributed by atoms with Gasteiger partial charge in [0, 0.05) is 45.3 Å². The maximum Gasteiger partial charge on any atom is 0.253 e. The molecule has 2 aromatic carbocycles. The van der Waals surface area contributed by atoms with Crippen molar-refractivity contribution in [2.24, 2.45) is 5.92 Å². The van der Waals surface area contributed by atoms with E-state index in [0.29, 0.717) is 11.8 Å². The number of amides is 1. The zero-order valence-electron chi connectivity index (χ0n) is 30.3. The highest BCUT2D eigenvalue weighted by atomic mass is 16.2. The Morgan fingerprint density at radius 3 is 2.29 bits per heavy atom. The molecule has 260 valence electrons. The fraction of sp³-hybridized carbons (Fsp3) is 0.537. The minimum atomic E-state index is 0.204. The third kappa shape index (κ3) is 9.61. The van der Waals surface area contributed by atoms with Gasteiger partial charge >= 0.3 is 0 Å². The summed E-state index contributed by atoms with van der Waals surface area (Å²) in [6, 6.07) is 15.3. The molecule has 0 aliphatic carbocycles. The lowest BCUT2D eigenvalue weighted by Crippen LogP contribution is -2.42. The lowest BCUT2D eigenvalue weighted by Gasteiger charge is -2.35. The monoisotopic (exact) mass is 652 g/mol. The first-order valence-corrected chi connectivity index (χ1v) is 18.6. The Morgan fingerprint density at radius 1 is 0.938 bits per heavy atom. The molecule has 0 spiro atoms. The van der Waals surface area contributed by atoms with E-state index in [1.54, 1.807) is 0 Å². The van der Waals surface area contributed by atoms with Crippen molar-refractivity contribution >= 4 is 17.2 Å². The predicted octanol–water partition coefficient (Wildman–Crippen LogP) is 7.42. The number of nitrogens with one attached hydrogen (secondary N) is 3. The smallest absolute Gasteiger partial charge is 0.253 e. The number of hydrogen-bond acceptors (Lipinski definition) is 6. The Balaban J connectivity index is 1.11. The molecule has 2 saturated heterocycles. The topological polar surface area (TPSA) is 62.9 Å². The number of hydrazine groups is 1. The lowest BCUT2D eigenvalue weighted by atomic mass is 9.88. The van der Waals surface area contributed by atoms with Crippen LogP contribution in [0.3, 0.4) is 0 Å². The van der Waals surface area contributed by atoms with Gasteiger partial charge in [0.1, 0.15) is 0 Å². The van der Waals surface area contributed by atoms with E-state index in [2.05, 4.69) is 113 Å². The molecule has 3 N–H and O–H groups in total. The molecular formula is C41H60N6O. The maximum atomic E-state index is 13.4. The largest absolute Gasteiger partial charge is 0.394 e. The zero-order valence-corrected chi connectivity index (χ0v) is 30.3. The van der Waals surface area contributed by atoms with Crippen molar-refractivity contribution < 1.29 is 4.79 Å². The highest BCUT2D eigenvalue weighted by Gasteiger charge is 2.26. The molecule has 3 aliphatic rings. The number of hydrogen-bond donors (Lipinski definition) is 3. The Morgan fingerprint density at radius 2 is 1.62 bits per heavy atom. The first-order valence-electron chi connectivity index (χ1n) is 18.6. The quantitative estimate of drug-likeness (QED) is 0.185. The molecule has 7 heteroatoms. The van der Waals surface area contributed by atoms with Crippen LogP contribution >= 0.6 is 0 Å². The van der Waals surface area contributed by atoms with Crippen molar-refractivity contribution in [2.75, 3.05) is 64.8 Å². The number of rotatable bonds is 14. The molecule has 0 atom stereocenters. The van der Waals surface area contributed by atoms with Crippen LogP contribution in [0.2, 0.25) is 0 Å². The van der Waals surface area contributed by atoms with Crippen LogP contribution in [0.15, 0.2) is 72.0 Å². The number of nitrogens with zero attached hydrogens (tertiary/aromatic N) is 3. The zero-order chi connectivity index (χ0) is 33.9. The fourth-order valence-corrected chi connectivity index (χ4v) is 7.85. The second-order valence-electron chi connectivity index (χ2n) is 14.3. The van der Waals surface area contributed by atoms with E-state index in [-0.39, 0.29) is 5.91 Å². The van der Waals surface area contributed by atoms with Gasteiger partial charge in [-0.25, -0.2) is 5.43 Å². The van der Waals surface area contributed by atoms with Gasteiger partial charge in [-0.1, -0.05) is 43.7 Å². The van der Waals surface area contributed by atoms with E-state index in [0.717, 1.165) is 76.2 Å².